The van der Waals surface area contributed by atoms with Gasteiger partial charge in [0.2, 0.25) is 0 Å². The van der Waals surface area contributed by atoms with Gasteiger partial charge in [0.05, 0.1) is 5.69 Å². The van der Waals surface area contributed by atoms with E-state index in [0.717, 1.165) is 94.0 Å². The number of hydrogen-bond acceptors (Lipinski definition) is 3. The maximum Gasteiger partial charge on any atom is 0.159 e. The number of anilines is 3. The summed E-state index contributed by atoms with van der Waals surface area (Å²) in [5.74, 6) is 0. The van der Waals surface area contributed by atoms with Crippen molar-refractivity contribution in [3.63, 3.8) is 0 Å². The van der Waals surface area contributed by atoms with Crippen LogP contribution in [0.2, 0.25) is 0 Å². The molecule has 0 radical (unpaired) electrons. The number of para-hydroxylation sites is 2. The fourth-order valence-corrected chi connectivity index (χ4v) is 8.25. The van der Waals surface area contributed by atoms with Crippen LogP contribution < -0.4 is 4.90 Å². The van der Waals surface area contributed by atoms with Crippen LogP contribution in [0.4, 0.5) is 17.1 Å². The van der Waals surface area contributed by atoms with E-state index in [9.17, 15) is 0 Å². The van der Waals surface area contributed by atoms with Crippen LogP contribution in [0.1, 0.15) is 0 Å². The van der Waals surface area contributed by atoms with Crippen LogP contribution in [-0.4, -0.2) is 0 Å². The molecular weight excluding hydrogens is 671 g/mol. The molecule has 11 rings (SSSR count). The Morgan fingerprint density at radius 1 is 0.309 bits per heavy atom. The number of furan rings is 2. The summed E-state index contributed by atoms with van der Waals surface area (Å²) in [4.78, 5) is 2.31. The molecule has 0 saturated heterocycles. The second kappa shape index (κ2) is 12.6. The molecule has 0 spiro atoms. The molecule has 9 aromatic carbocycles. The summed E-state index contributed by atoms with van der Waals surface area (Å²) in [6.07, 6.45) is 0. The van der Waals surface area contributed by atoms with Gasteiger partial charge in [-0.25, -0.2) is 0 Å². The van der Waals surface area contributed by atoms with Crippen molar-refractivity contribution in [3.8, 4) is 33.4 Å². The molecule has 3 nitrogen and oxygen atoms in total. The zero-order valence-electron chi connectivity index (χ0n) is 29.8. The first-order valence-corrected chi connectivity index (χ1v) is 18.7. The van der Waals surface area contributed by atoms with Crippen LogP contribution >= 0.6 is 0 Å². The van der Waals surface area contributed by atoms with Gasteiger partial charge in [-0.3, -0.25) is 0 Å². The molecule has 0 fully saturated rings. The van der Waals surface area contributed by atoms with Crippen molar-refractivity contribution in [1.82, 2.24) is 0 Å². The smallest absolute Gasteiger partial charge is 0.159 e. The summed E-state index contributed by atoms with van der Waals surface area (Å²) in [5, 5.41) is 6.71. The predicted molar refractivity (Wildman–Crippen MR) is 229 cm³/mol. The standard InChI is InChI=1S/C52H33NO2/c1-3-12-34(13-4-1)35-22-27-39(28-23-35)53(47-20-11-19-44-45-31-26-37-16-7-8-17-42(37)50(45)55-51(44)47)40-29-24-38(25-30-40)41-32-33-43(36-14-5-2-6-15-36)52-49(41)46-18-9-10-21-48(46)54-52/h1-33H. The van der Waals surface area contributed by atoms with E-state index in [0.29, 0.717) is 0 Å². The van der Waals surface area contributed by atoms with Crippen molar-refractivity contribution in [2.45, 2.75) is 0 Å². The van der Waals surface area contributed by atoms with Gasteiger partial charge in [0.1, 0.15) is 16.7 Å². The molecule has 0 aliphatic carbocycles. The monoisotopic (exact) mass is 703 g/mol. The number of nitrogens with zero attached hydrogens (tertiary/aromatic N) is 1. The van der Waals surface area contributed by atoms with Gasteiger partial charge in [0, 0.05) is 43.9 Å². The fourth-order valence-electron chi connectivity index (χ4n) is 8.25. The highest BCUT2D eigenvalue weighted by atomic mass is 16.3. The van der Waals surface area contributed by atoms with Crippen molar-refractivity contribution in [1.29, 1.82) is 0 Å². The third-order valence-electron chi connectivity index (χ3n) is 10.9. The van der Waals surface area contributed by atoms with Crippen molar-refractivity contribution >= 4 is 71.7 Å². The maximum atomic E-state index is 6.88. The molecule has 2 heterocycles. The Morgan fingerprint density at radius 3 is 1.64 bits per heavy atom. The molecule has 0 bridgehead atoms. The SMILES string of the molecule is c1ccc(-c2ccc(N(c3ccc(-c4ccc(-c5ccccc5)c5oc6ccccc6c45)cc3)c3cccc4c3oc3c5ccccc5ccc43)cc2)cc1. The van der Waals surface area contributed by atoms with E-state index in [-0.39, 0.29) is 0 Å². The Bertz CT molecular complexity index is 3180. The lowest BCUT2D eigenvalue weighted by atomic mass is 9.94. The molecule has 0 aliphatic rings. The number of fused-ring (bicyclic) bond motifs is 8. The van der Waals surface area contributed by atoms with Gasteiger partial charge in [0.15, 0.2) is 5.58 Å². The minimum atomic E-state index is 0.855. The second-order valence-corrected chi connectivity index (χ2v) is 14.0. The summed E-state index contributed by atoms with van der Waals surface area (Å²) < 4.78 is 13.5. The minimum absolute atomic E-state index is 0.855. The summed E-state index contributed by atoms with van der Waals surface area (Å²) in [7, 11) is 0. The summed E-state index contributed by atoms with van der Waals surface area (Å²) in [5.41, 5.74) is 13.4. The first-order chi connectivity index (χ1) is 27.3. The lowest BCUT2D eigenvalue weighted by Crippen LogP contribution is -2.10. The van der Waals surface area contributed by atoms with Gasteiger partial charge in [-0.15, -0.1) is 0 Å². The van der Waals surface area contributed by atoms with Gasteiger partial charge in [0.25, 0.3) is 0 Å². The minimum Gasteiger partial charge on any atom is -0.455 e. The third-order valence-corrected chi connectivity index (χ3v) is 10.9. The molecule has 2 aromatic heterocycles. The average Bonchev–Trinajstić information content (AvgIpc) is 3.85. The van der Waals surface area contributed by atoms with E-state index in [1.807, 2.05) is 12.1 Å². The van der Waals surface area contributed by atoms with Crippen LogP contribution in [0.5, 0.6) is 0 Å². The molecule has 0 aliphatic heterocycles. The van der Waals surface area contributed by atoms with Crippen LogP contribution in [-0.2, 0) is 0 Å². The normalized spacial score (nSPS) is 11.6. The van der Waals surface area contributed by atoms with Crippen molar-refractivity contribution in [2.24, 2.45) is 0 Å². The summed E-state index contributed by atoms with van der Waals surface area (Å²) in [6, 6.07) is 70.7. The third kappa shape index (κ3) is 5.13. The Balaban J connectivity index is 1.09. The van der Waals surface area contributed by atoms with Gasteiger partial charge in [-0.2, -0.15) is 0 Å². The van der Waals surface area contributed by atoms with Gasteiger partial charge in [-0.1, -0.05) is 152 Å². The largest absolute Gasteiger partial charge is 0.455 e. The molecule has 258 valence electrons. The molecule has 11 aromatic rings. The lowest BCUT2D eigenvalue weighted by Gasteiger charge is -2.26. The Morgan fingerprint density at radius 2 is 0.873 bits per heavy atom. The van der Waals surface area contributed by atoms with Crippen molar-refractivity contribution < 1.29 is 8.83 Å². The zero-order chi connectivity index (χ0) is 36.3. The fraction of sp³-hybridized carbons (Fsp3) is 0. The van der Waals surface area contributed by atoms with E-state index in [4.69, 9.17) is 8.83 Å². The Labute approximate surface area is 317 Å². The van der Waals surface area contributed by atoms with Crippen LogP contribution in [0, 0.1) is 0 Å². The predicted octanol–water partition coefficient (Wildman–Crippen LogP) is 15.1. The molecule has 3 heteroatoms. The van der Waals surface area contributed by atoms with Gasteiger partial charge >= 0.3 is 0 Å². The molecular formula is C52H33NO2. The van der Waals surface area contributed by atoms with Crippen molar-refractivity contribution in [3.05, 3.63) is 200 Å². The zero-order valence-corrected chi connectivity index (χ0v) is 29.8. The molecule has 0 unspecified atom stereocenters. The molecule has 0 amide bonds. The van der Waals surface area contributed by atoms with E-state index in [1.165, 1.54) is 11.1 Å². The average molecular weight is 704 g/mol. The van der Waals surface area contributed by atoms with Crippen LogP contribution in [0.25, 0.3) is 88.0 Å². The summed E-state index contributed by atoms with van der Waals surface area (Å²) >= 11 is 0. The highest BCUT2D eigenvalue weighted by Gasteiger charge is 2.22. The van der Waals surface area contributed by atoms with E-state index in [1.54, 1.807) is 0 Å². The van der Waals surface area contributed by atoms with Gasteiger partial charge < -0.3 is 13.7 Å². The summed E-state index contributed by atoms with van der Waals surface area (Å²) in [6.45, 7) is 0. The van der Waals surface area contributed by atoms with Gasteiger partial charge in [-0.05, 0) is 81.7 Å². The number of benzene rings is 9. The first-order valence-electron chi connectivity index (χ1n) is 18.7. The molecule has 0 saturated carbocycles. The Hall–Kier alpha value is -7.36. The molecule has 55 heavy (non-hydrogen) atoms. The Kier molecular flexibility index (Phi) is 7.17. The van der Waals surface area contributed by atoms with Crippen LogP contribution in [0.15, 0.2) is 209 Å². The topological polar surface area (TPSA) is 29.5 Å². The number of rotatable bonds is 6. The van der Waals surface area contributed by atoms with E-state index < -0.39 is 0 Å². The highest BCUT2D eigenvalue weighted by molar-refractivity contribution is 6.18. The molecule has 0 N–H and O–H groups in total. The van der Waals surface area contributed by atoms with Crippen molar-refractivity contribution in [2.75, 3.05) is 4.90 Å². The maximum absolute atomic E-state index is 6.88. The quantitative estimate of drug-likeness (QED) is 0.173. The first kappa shape index (κ1) is 31.2. The lowest BCUT2D eigenvalue weighted by molar-refractivity contribution is 0.670. The van der Waals surface area contributed by atoms with E-state index >= 15 is 0 Å². The van der Waals surface area contributed by atoms with Crippen LogP contribution in [0.3, 0.4) is 0 Å². The van der Waals surface area contributed by atoms with E-state index in [2.05, 4.69) is 193 Å². The molecule has 0 atom stereocenters. The highest BCUT2D eigenvalue weighted by Crippen LogP contribution is 2.46. The number of hydrogen-bond donors (Lipinski definition) is 0. The second-order valence-electron chi connectivity index (χ2n) is 14.0.